The van der Waals surface area contributed by atoms with Crippen LogP contribution < -0.4 is 5.32 Å². The highest BCUT2D eigenvalue weighted by molar-refractivity contribution is 5.37. The number of anilines is 1. The first kappa shape index (κ1) is 12.1. The normalized spacial score (nSPS) is 10.5. The fourth-order valence-corrected chi connectivity index (χ4v) is 1.51. The molecular formula is C12H23N3. The second-order valence-electron chi connectivity index (χ2n) is 3.98. The van der Waals surface area contributed by atoms with Crippen molar-refractivity contribution in [2.75, 3.05) is 11.9 Å². The highest BCUT2D eigenvalue weighted by Crippen LogP contribution is 2.06. The standard InChI is InChI=1S/C12H23N3/c1-3-5-7-9-15-11-12(10-14-15)13-8-6-4-2/h10-11,13H,3-9H2,1-2H3. The van der Waals surface area contributed by atoms with Crippen molar-refractivity contribution < 1.29 is 0 Å². The number of hydrogen-bond acceptors (Lipinski definition) is 2. The third-order valence-electron chi connectivity index (χ3n) is 2.48. The maximum absolute atomic E-state index is 4.32. The van der Waals surface area contributed by atoms with Gasteiger partial charge in [-0.15, -0.1) is 0 Å². The molecule has 1 aromatic heterocycles. The molecule has 15 heavy (non-hydrogen) atoms. The van der Waals surface area contributed by atoms with E-state index in [1.807, 2.05) is 10.9 Å². The smallest absolute Gasteiger partial charge is 0.0726 e. The first-order chi connectivity index (χ1) is 7.36. The van der Waals surface area contributed by atoms with Crippen LogP contribution in [0.15, 0.2) is 12.4 Å². The summed E-state index contributed by atoms with van der Waals surface area (Å²) >= 11 is 0. The Kier molecular flexibility index (Phi) is 5.90. The maximum atomic E-state index is 4.32. The third-order valence-corrected chi connectivity index (χ3v) is 2.48. The molecule has 0 aromatic carbocycles. The molecular weight excluding hydrogens is 186 g/mol. The number of hydrogen-bond donors (Lipinski definition) is 1. The van der Waals surface area contributed by atoms with Gasteiger partial charge in [0.1, 0.15) is 0 Å². The van der Waals surface area contributed by atoms with Gasteiger partial charge in [-0.25, -0.2) is 0 Å². The minimum Gasteiger partial charge on any atom is -0.383 e. The Labute approximate surface area is 92.9 Å². The van der Waals surface area contributed by atoms with Crippen molar-refractivity contribution in [1.29, 1.82) is 0 Å². The Bertz CT molecular complexity index is 231. The minimum atomic E-state index is 1.04. The molecule has 1 heterocycles. The van der Waals surface area contributed by atoms with Crippen molar-refractivity contribution in [1.82, 2.24) is 9.78 Å². The van der Waals surface area contributed by atoms with E-state index in [1.54, 1.807) is 0 Å². The first-order valence-electron chi connectivity index (χ1n) is 6.13. The highest BCUT2D eigenvalue weighted by Gasteiger charge is 1.96. The van der Waals surface area contributed by atoms with Crippen LogP contribution in [0.5, 0.6) is 0 Å². The summed E-state index contributed by atoms with van der Waals surface area (Å²) in [4.78, 5) is 0. The van der Waals surface area contributed by atoms with E-state index in [0.29, 0.717) is 0 Å². The van der Waals surface area contributed by atoms with E-state index in [2.05, 4.69) is 30.5 Å². The van der Waals surface area contributed by atoms with Crippen LogP contribution in [0.2, 0.25) is 0 Å². The van der Waals surface area contributed by atoms with Crippen LogP contribution in [-0.2, 0) is 6.54 Å². The van der Waals surface area contributed by atoms with Crippen molar-refractivity contribution in [3.05, 3.63) is 12.4 Å². The Balaban J connectivity index is 2.23. The number of rotatable bonds is 8. The van der Waals surface area contributed by atoms with Gasteiger partial charge < -0.3 is 5.32 Å². The van der Waals surface area contributed by atoms with Crippen molar-refractivity contribution in [3.8, 4) is 0 Å². The van der Waals surface area contributed by atoms with Crippen LogP contribution in [0.3, 0.4) is 0 Å². The van der Waals surface area contributed by atoms with E-state index in [4.69, 9.17) is 0 Å². The molecule has 0 amide bonds. The summed E-state index contributed by atoms with van der Waals surface area (Å²) < 4.78 is 2.03. The molecule has 0 unspecified atom stereocenters. The van der Waals surface area contributed by atoms with Crippen LogP contribution in [-0.4, -0.2) is 16.3 Å². The zero-order valence-electron chi connectivity index (χ0n) is 10.00. The molecule has 0 saturated carbocycles. The summed E-state index contributed by atoms with van der Waals surface area (Å²) in [5.41, 5.74) is 1.15. The molecule has 3 nitrogen and oxygen atoms in total. The van der Waals surface area contributed by atoms with E-state index < -0.39 is 0 Å². The van der Waals surface area contributed by atoms with Crippen LogP contribution >= 0.6 is 0 Å². The third kappa shape index (κ3) is 4.86. The second-order valence-corrected chi connectivity index (χ2v) is 3.98. The summed E-state index contributed by atoms with van der Waals surface area (Å²) in [6.45, 7) is 6.52. The summed E-state index contributed by atoms with van der Waals surface area (Å²) in [6.07, 6.45) is 10.3. The van der Waals surface area contributed by atoms with Gasteiger partial charge in [0, 0.05) is 19.3 Å². The molecule has 0 spiro atoms. The summed E-state index contributed by atoms with van der Waals surface area (Å²) in [5, 5.41) is 7.69. The SMILES string of the molecule is CCCCCn1cc(NCCCC)cn1. The van der Waals surface area contributed by atoms with E-state index in [0.717, 1.165) is 18.8 Å². The van der Waals surface area contributed by atoms with Crippen LogP contribution in [0, 0.1) is 0 Å². The van der Waals surface area contributed by atoms with E-state index in [1.165, 1.54) is 32.1 Å². The molecule has 1 aromatic rings. The van der Waals surface area contributed by atoms with Crippen molar-refractivity contribution in [2.45, 2.75) is 52.5 Å². The van der Waals surface area contributed by atoms with Gasteiger partial charge in [-0.1, -0.05) is 33.1 Å². The number of aromatic nitrogens is 2. The average molecular weight is 209 g/mol. The molecule has 0 atom stereocenters. The topological polar surface area (TPSA) is 29.9 Å². The maximum Gasteiger partial charge on any atom is 0.0726 e. The molecule has 86 valence electrons. The zero-order chi connectivity index (χ0) is 10.9. The van der Waals surface area contributed by atoms with Crippen LogP contribution in [0.25, 0.3) is 0 Å². The molecule has 1 N–H and O–H groups in total. The Morgan fingerprint density at radius 1 is 1.20 bits per heavy atom. The zero-order valence-corrected chi connectivity index (χ0v) is 10.00. The second kappa shape index (κ2) is 7.32. The number of aryl methyl sites for hydroxylation is 1. The molecule has 0 fully saturated rings. The number of nitrogens with zero attached hydrogens (tertiary/aromatic N) is 2. The van der Waals surface area contributed by atoms with Crippen molar-refractivity contribution >= 4 is 5.69 Å². The summed E-state index contributed by atoms with van der Waals surface area (Å²) in [7, 11) is 0. The van der Waals surface area contributed by atoms with Crippen LogP contribution in [0.1, 0.15) is 46.0 Å². The van der Waals surface area contributed by atoms with Gasteiger partial charge in [-0.3, -0.25) is 4.68 Å². The Morgan fingerprint density at radius 3 is 2.73 bits per heavy atom. The Morgan fingerprint density at radius 2 is 2.00 bits per heavy atom. The fourth-order valence-electron chi connectivity index (χ4n) is 1.51. The Hall–Kier alpha value is -0.990. The molecule has 3 heteroatoms. The van der Waals surface area contributed by atoms with Gasteiger partial charge in [0.05, 0.1) is 11.9 Å². The van der Waals surface area contributed by atoms with Gasteiger partial charge in [-0.05, 0) is 12.8 Å². The monoisotopic (exact) mass is 209 g/mol. The first-order valence-corrected chi connectivity index (χ1v) is 6.13. The lowest BCUT2D eigenvalue weighted by molar-refractivity contribution is 0.553. The van der Waals surface area contributed by atoms with E-state index in [-0.39, 0.29) is 0 Å². The van der Waals surface area contributed by atoms with Gasteiger partial charge in [0.2, 0.25) is 0 Å². The lowest BCUT2D eigenvalue weighted by Crippen LogP contribution is -2.00. The minimum absolute atomic E-state index is 1.04. The van der Waals surface area contributed by atoms with Gasteiger partial charge in [0.25, 0.3) is 0 Å². The summed E-state index contributed by atoms with van der Waals surface area (Å²) in [5.74, 6) is 0. The van der Waals surface area contributed by atoms with Gasteiger partial charge >= 0.3 is 0 Å². The fraction of sp³-hybridized carbons (Fsp3) is 0.750. The number of unbranched alkanes of at least 4 members (excludes halogenated alkanes) is 3. The predicted molar refractivity (Wildman–Crippen MR) is 65.1 cm³/mol. The molecule has 0 aliphatic heterocycles. The van der Waals surface area contributed by atoms with Crippen LogP contribution in [0.4, 0.5) is 5.69 Å². The van der Waals surface area contributed by atoms with Crippen molar-refractivity contribution in [2.24, 2.45) is 0 Å². The van der Waals surface area contributed by atoms with E-state index in [9.17, 15) is 0 Å². The quantitative estimate of drug-likeness (QED) is 0.666. The highest BCUT2D eigenvalue weighted by atomic mass is 15.3. The van der Waals surface area contributed by atoms with E-state index >= 15 is 0 Å². The van der Waals surface area contributed by atoms with Gasteiger partial charge in [-0.2, -0.15) is 5.10 Å². The molecule has 1 rings (SSSR count). The number of nitrogens with one attached hydrogen (secondary N) is 1. The lowest BCUT2D eigenvalue weighted by Gasteiger charge is -2.01. The molecule has 0 bridgehead atoms. The predicted octanol–water partition coefficient (Wildman–Crippen LogP) is 3.29. The largest absolute Gasteiger partial charge is 0.383 e. The molecule has 0 radical (unpaired) electrons. The van der Waals surface area contributed by atoms with Gasteiger partial charge in [0.15, 0.2) is 0 Å². The van der Waals surface area contributed by atoms with Crippen molar-refractivity contribution in [3.63, 3.8) is 0 Å². The average Bonchev–Trinajstić information content (AvgIpc) is 2.67. The molecule has 0 saturated heterocycles. The molecule has 0 aliphatic carbocycles. The molecule has 0 aliphatic rings. The lowest BCUT2D eigenvalue weighted by atomic mass is 10.2. The summed E-state index contributed by atoms with van der Waals surface area (Å²) in [6, 6.07) is 0.